The van der Waals surface area contributed by atoms with E-state index in [1.807, 2.05) is 0 Å². The molecule has 1 aromatic carbocycles. The predicted octanol–water partition coefficient (Wildman–Crippen LogP) is 1.57. The van der Waals surface area contributed by atoms with Crippen LogP contribution in [-0.2, 0) is 0 Å². The number of nitrogens with zero attached hydrogens (tertiary/aromatic N) is 1. The van der Waals surface area contributed by atoms with Crippen LogP contribution in [-0.4, -0.2) is 21.0 Å². The van der Waals surface area contributed by atoms with Crippen LogP contribution >= 0.6 is 0 Å². The number of aryl methyl sites for hydroxylation is 1. The molecule has 6 heteroatoms. The van der Waals surface area contributed by atoms with Crippen LogP contribution in [0.3, 0.4) is 0 Å². The van der Waals surface area contributed by atoms with Gasteiger partial charge in [0.25, 0.3) is 5.56 Å². The second-order valence-electron chi connectivity index (χ2n) is 3.63. The molecule has 0 aliphatic rings. The Kier molecular flexibility index (Phi) is 3.09. The molecule has 0 spiro atoms. The van der Waals surface area contributed by atoms with E-state index in [1.54, 1.807) is 19.1 Å². The fraction of sp³-hybridized carbons (Fsp3) is 0.0833. The Morgan fingerprint density at radius 1 is 1.39 bits per heavy atom. The Balaban J connectivity index is 2.31. The van der Waals surface area contributed by atoms with Crippen LogP contribution < -0.4 is 10.3 Å². The number of carbonyl (C=O) groups is 1. The first-order valence-electron chi connectivity index (χ1n) is 5.14. The molecule has 0 fully saturated rings. The van der Waals surface area contributed by atoms with Crippen molar-refractivity contribution < 1.29 is 14.6 Å². The lowest BCUT2D eigenvalue weighted by Crippen LogP contribution is -2.08. The first kappa shape index (κ1) is 11.8. The van der Waals surface area contributed by atoms with Crippen LogP contribution in [0.4, 0.5) is 0 Å². The quantitative estimate of drug-likeness (QED) is 0.857. The van der Waals surface area contributed by atoms with Crippen molar-refractivity contribution in [1.82, 2.24) is 9.97 Å². The smallest absolute Gasteiger partial charge is 0.335 e. The molecule has 18 heavy (non-hydrogen) atoms. The number of aromatic nitrogens is 2. The molecule has 0 unspecified atom stereocenters. The molecule has 2 aromatic rings. The molecule has 1 aromatic heterocycles. The zero-order chi connectivity index (χ0) is 13.1. The second kappa shape index (κ2) is 4.70. The van der Waals surface area contributed by atoms with Crippen LogP contribution in [0.25, 0.3) is 0 Å². The number of benzene rings is 1. The molecule has 92 valence electrons. The third-order valence-corrected chi connectivity index (χ3v) is 2.14. The van der Waals surface area contributed by atoms with E-state index < -0.39 is 5.97 Å². The minimum atomic E-state index is -1.05. The van der Waals surface area contributed by atoms with E-state index in [-0.39, 0.29) is 17.1 Å². The normalized spacial score (nSPS) is 10.1. The minimum Gasteiger partial charge on any atom is -0.478 e. The van der Waals surface area contributed by atoms with Crippen LogP contribution in [0, 0.1) is 6.92 Å². The molecule has 0 aliphatic heterocycles. The Morgan fingerprint density at radius 3 is 2.83 bits per heavy atom. The molecule has 0 radical (unpaired) electrons. The molecule has 6 nitrogen and oxygen atoms in total. The fourth-order valence-corrected chi connectivity index (χ4v) is 1.40. The third kappa shape index (κ3) is 2.73. The molecule has 1 heterocycles. The van der Waals surface area contributed by atoms with Crippen molar-refractivity contribution in [2.45, 2.75) is 6.92 Å². The van der Waals surface area contributed by atoms with Gasteiger partial charge in [-0.1, -0.05) is 6.07 Å². The van der Waals surface area contributed by atoms with Gasteiger partial charge in [-0.3, -0.25) is 9.78 Å². The van der Waals surface area contributed by atoms with Gasteiger partial charge in [0, 0.05) is 11.8 Å². The van der Waals surface area contributed by atoms with Crippen molar-refractivity contribution in [3.8, 4) is 11.8 Å². The summed E-state index contributed by atoms with van der Waals surface area (Å²) in [6.07, 6.45) is 0. The van der Waals surface area contributed by atoms with Crippen molar-refractivity contribution in [3.05, 3.63) is 51.9 Å². The molecule has 0 saturated carbocycles. The van der Waals surface area contributed by atoms with Gasteiger partial charge >= 0.3 is 12.0 Å². The second-order valence-corrected chi connectivity index (χ2v) is 3.63. The molecule has 0 bridgehead atoms. The highest BCUT2D eigenvalue weighted by Gasteiger charge is 2.06. The topological polar surface area (TPSA) is 92.3 Å². The SMILES string of the molecule is Cc1cc(=O)[nH]c(Oc2cccc(C(=O)O)c2)n1. The summed E-state index contributed by atoms with van der Waals surface area (Å²) in [5.41, 5.74) is 0.289. The largest absolute Gasteiger partial charge is 0.478 e. The van der Waals surface area contributed by atoms with E-state index in [4.69, 9.17) is 9.84 Å². The number of hydrogen-bond donors (Lipinski definition) is 2. The summed E-state index contributed by atoms with van der Waals surface area (Å²) in [4.78, 5) is 28.4. The van der Waals surface area contributed by atoms with Crippen molar-refractivity contribution in [1.29, 1.82) is 0 Å². The summed E-state index contributed by atoms with van der Waals surface area (Å²) < 4.78 is 5.30. The van der Waals surface area contributed by atoms with Crippen molar-refractivity contribution in [2.24, 2.45) is 0 Å². The van der Waals surface area contributed by atoms with Gasteiger partial charge in [0.1, 0.15) is 5.75 Å². The maximum absolute atomic E-state index is 11.2. The van der Waals surface area contributed by atoms with Gasteiger partial charge in [-0.05, 0) is 25.1 Å². The predicted molar refractivity (Wildman–Crippen MR) is 63.1 cm³/mol. The third-order valence-electron chi connectivity index (χ3n) is 2.14. The van der Waals surface area contributed by atoms with Crippen LogP contribution in [0.5, 0.6) is 11.8 Å². The van der Waals surface area contributed by atoms with Crippen molar-refractivity contribution >= 4 is 5.97 Å². The van der Waals surface area contributed by atoms with Crippen LogP contribution in [0.2, 0.25) is 0 Å². The zero-order valence-electron chi connectivity index (χ0n) is 9.51. The Bertz CT molecular complexity index is 649. The van der Waals surface area contributed by atoms with Gasteiger partial charge in [0.05, 0.1) is 5.56 Å². The number of aromatic carboxylic acids is 1. The van der Waals surface area contributed by atoms with Gasteiger partial charge < -0.3 is 9.84 Å². The molecule has 0 aliphatic carbocycles. The molecule has 0 saturated heterocycles. The van der Waals surface area contributed by atoms with E-state index in [1.165, 1.54) is 18.2 Å². The monoisotopic (exact) mass is 246 g/mol. The van der Waals surface area contributed by atoms with Crippen molar-refractivity contribution in [3.63, 3.8) is 0 Å². The summed E-state index contributed by atoms with van der Waals surface area (Å²) in [5.74, 6) is -0.755. The van der Waals surface area contributed by atoms with Crippen LogP contribution in [0.1, 0.15) is 16.1 Å². The molecule has 0 amide bonds. The van der Waals surface area contributed by atoms with Gasteiger partial charge in [0.2, 0.25) is 0 Å². The van der Waals surface area contributed by atoms with E-state index >= 15 is 0 Å². The number of rotatable bonds is 3. The summed E-state index contributed by atoms with van der Waals surface area (Å²) in [6, 6.07) is 7.29. The Morgan fingerprint density at radius 2 is 2.17 bits per heavy atom. The Hall–Kier alpha value is -2.63. The molecular weight excluding hydrogens is 236 g/mol. The number of ether oxygens (including phenoxy) is 1. The Labute approximate surface area is 102 Å². The highest BCUT2D eigenvalue weighted by molar-refractivity contribution is 5.88. The maximum atomic E-state index is 11.2. The van der Waals surface area contributed by atoms with Gasteiger partial charge in [0.15, 0.2) is 0 Å². The van der Waals surface area contributed by atoms with E-state index in [0.717, 1.165) is 0 Å². The molecule has 2 N–H and O–H groups in total. The average Bonchev–Trinajstić information content (AvgIpc) is 2.27. The van der Waals surface area contributed by atoms with Crippen molar-refractivity contribution in [2.75, 3.05) is 0 Å². The summed E-state index contributed by atoms with van der Waals surface area (Å²) in [5, 5.41) is 8.83. The number of carboxylic acids is 1. The number of hydrogen-bond acceptors (Lipinski definition) is 4. The fourth-order valence-electron chi connectivity index (χ4n) is 1.40. The average molecular weight is 246 g/mol. The maximum Gasteiger partial charge on any atom is 0.335 e. The zero-order valence-corrected chi connectivity index (χ0v) is 9.51. The lowest BCUT2D eigenvalue weighted by atomic mass is 10.2. The van der Waals surface area contributed by atoms with Gasteiger partial charge in [-0.15, -0.1) is 0 Å². The molecule has 2 rings (SSSR count). The number of aromatic amines is 1. The lowest BCUT2D eigenvalue weighted by Gasteiger charge is -2.05. The molecule has 0 atom stereocenters. The first-order valence-corrected chi connectivity index (χ1v) is 5.14. The van der Waals surface area contributed by atoms with E-state index in [9.17, 15) is 9.59 Å². The summed E-state index contributed by atoms with van der Waals surface area (Å²) in [6.45, 7) is 1.66. The summed E-state index contributed by atoms with van der Waals surface area (Å²) in [7, 11) is 0. The standard InChI is InChI=1S/C12H10N2O4/c1-7-5-10(15)14-12(13-7)18-9-4-2-3-8(6-9)11(16)17/h2-6H,1H3,(H,16,17)(H,13,14,15). The number of carboxylic acid groups (broad SMARTS) is 1. The van der Waals surface area contributed by atoms with Crippen LogP contribution in [0.15, 0.2) is 35.1 Å². The molecular formula is C12H10N2O4. The van der Waals surface area contributed by atoms with E-state index in [0.29, 0.717) is 11.4 Å². The van der Waals surface area contributed by atoms with Gasteiger partial charge in [-0.2, -0.15) is 0 Å². The highest BCUT2D eigenvalue weighted by atomic mass is 16.5. The van der Waals surface area contributed by atoms with E-state index in [2.05, 4.69) is 9.97 Å². The number of nitrogens with one attached hydrogen (secondary N) is 1. The van der Waals surface area contributed by atoms with Gasteiger partial charge in [-0.25, -0.2) is 9.78 Å². The minimum absolute atomic E-state index is 0.0301. The highest BCUT2D eigenvalue weighted by Crippen LogP contribution is 2.18. The number of H-pyrrole nitrogens is 1. The first-order chi connectivity index (χ1) is 8.54. The lowest BCUT2D eigenvalue weighted by molar-refractivity contribution is 0.0696. The summed E-state index contributed by atoms with van der Waals surface area (Å²) >= 11 is 0.